The number of likely N-dealkylation sites (tertiary alicyclic amines) is 1. The Kier molecular flexibility index (Phi) is 4.38. The Morgan fingerprint density at radius 3 is 2.59 bits per heavy atom. The molecule has 1 heterocycles. The van der Waals surface area contributed by atoms with Gasteiger partial charge < -0.3 is 9.64 Å². The number of carbonyl (C=O) groups is 1. The topological polar surface area (TPSA) is 29.5 Å². The van der Waals surface area contributed by atoms with E-state index in [1.807, 2.05) is 33.8 Å². The van der Waals surface area contributed by atoms with Crippen LogP contribution in [0.25, 0.3) is 0 Å². The second-order valence-electron chi connectivity index (χ2n) is 5.40. The second-order valence-corrected chi connectivity index (χ2v) is 5.40. The maximum atomic E-state index is 11.9. The average Bonchev–Trinajstić information content (AvgIpc) is 2.66. The minimum absolute atomic E-state index is 0.209. The number of rotatable bonds is 2. The first-order valence-corrected chi connectivity index (χ1v) is 6.14. The third-order valence-corrected chi connectivity index (χ3v) is 2.88. The number of hydrogen-bond acceptors (Lipinski definition) is 2. The summed E-state index contributed by atoms with van der Waals surface area (Å²) in [6, 6.07) is 0. The average molecular weight is 237 g/mol. The second kappa shape index (κ2) is 5.39. The van der Waals surface area contributed by atoms with Gasteiger partial charge in [0.2, 0.25) is 0 Å². The zero-order valence-electron chi connectivity index (χ0n) is 11.3. The van der Waals surface area contributed by atoms with Gasteiger partial charge in [0.15, 0.2) is 0 Å². The molecule has 1 amide bonds. The molecule has 0 radical (unpaired) electrons. The van der Waals surface area contributed by atoms with Crippen molar-refractivity contribution in [2.75, 3.05) is 13.1 Å². The fourth-order valence-electron chi connectivity index (χ4n) is 2.04. The Morgan fingerprint density at radius 2 is 2.12 bits per heavy atom. The van der Waals surface area contributed by atoms with Gasteiger partial charge in [-0.3, -0.25) is 0 Å². The van der Waals surface area contributed by atoms with Gasteiger partial charge in [-0.1, -0.05) is 18.7 Å². The maximum Gasteiger partial charge on any atom is 0.410 e. The molecule has 0 N–H and O–H groups in total. The van der Waals surface area contributed by atoms with Gasteiger partial charge in [0.05, 0.1) is 0 Å². The lowest BCUT2D eigenvalue weighted by molar-refractivity contribution is 0.0290. The van der Waals surface area contributed by atoms with E-state index in [4.69, 9.17) is 4.74 Å². The summed E-state index contributed by atoms with van der Waals surface area (Å²) in [6.07, 6.45) is 4.73. The molecule has 0 aliphatic carbocycles. The molecule has 1 atom stereocenters. The van der Waals surface area contributed by atoms with Crippen molar-refractivity contribution >= 4 is 6.09 Å². The summed E-state index contributed by atoms with van der Waals surface area (Å²) in [5, 5.41) is 0. The normalized spacial score (nSPS) is 21.5. The third-order valence-electron chi connectivity index (χ3n) is 2.88. The minimum atomic E-state index is -0.420. The van der Waals surface area contributed by atoms with Crippen LogP contribution in [-0.4, -0.2) is 29.7 Å². The fraction of sp³-hybridized carbons (Fsp3) is 0.643. The molecule has 1 fully saturated rings. The molecule has 1 aliphatic rings. The van der Waals surface area contributed by atoms with Gasteiger partial charge in [-0.2, -0.15) is 0 Å². The molecule has 1 rings (SSSR count). The van der Waals surface area contributed by atoms with Crippen LogP contribution < -0.4 is 0 Å². The van der Waals surface area contributed by atoms with Crippen molar-refractivity contribution < 1.29 is 9.53 Å². The molecule has 96 valence electrons. The van der Waals surface area contributed by atoms with Crippen molar-refractivity contribution in [1.29, 1.82) is 0 Å². The van der Waals surface area contributed by atoms with E-state index in [-0.39, 0.29) is 6.09 Å². The summed E-state index contributed by atoms with van der Waals surface area (Å²) in [5.74, 6) is 0.407. The van der Waals surface area contributed by atoms with Crippen molar-refractivity contribution in [3.05, 3.63) is 24.3 Å². The molecule has 0 aromatic heterocycles. The molecule has 17 heavy (non-hydrogen) atoms. The first kappa shape index (κ1) is 13.8. The van der Waals surface area contributed by atoms with Gasteiger partial charge in [-0.15, -0.1) is 0 Å². The van der Waals surface area contributed by atoms with Crippen molar-refractivity contribution in [2.45, 2.75) is 39.7 Å². The predicted octanol–water partition coefficient (Wildman–Crippen LogP) is 3.38. The first-order chi connectivity index (χ1) is 7.87. The lowest BCUT2D eigenvalue weighted by Gasteiger charge is -2.24. The van der Waals surface area contributed by atoms with Crippen molar-refractivity contribution in [1.82, 2.24) is 4.90 Å². The maximum absolute atomic E-state index is 11.9. The summed E-state index contributed by atoms with van der Waals surface area (Å²) < 4.78 is 5.36. The van der Waals surface area contributed by atoms with Crippen LogP contribution in [0.4, 0.5) is 4.79 Å². The highest BCUT2D eigenvalue weighted by molar-refractivity contribution is 5.68. The van der Waals surface area contributed by atoms with Crippen LogP contribution in [0.15, 0.2) is 24.3 Å². The molecule has 3 nitrogen and oxygen atoms in total. The quantitative estimate of drug-likeness (QED) is 0.689. The highest BCUT2D eigenvalue weighted by Crippen LogP contribution is 2.25. The standard InChI is InChI=1S/C14H23NO2/c1-6-11(7-2)12-8-9-15(10-12)13(16)17-14(3,4)5/h6-7,12H,1,8-10H2,2-5H3/b11-7+. The van der Waals surface area contributed by atoms with Crippen molar-refractivity contribution in [3.63, 3.8) is 0 Å². The Labute approximate surface area is 104 Å². The summed E-state index contributed by atoms with van der Waals surface area (Å²) in [6.45, 7) is 13.0. The molecule has 1 aliphatic heterocycles. The van der Waals surface area contributed by atoms with Gasteiger partial charge in [0, 0.05) is 19.0 Å². The highest BCUT2D eigenvalue weighted by atomic mass is 16.6. The van der Waals surface area contributed by atoms with Crippen LogP contribution in [-0.2, 0) is 4.74 Å². The van der Waals surface area contributed by atoms with Crippen LogP contribution in [0.1, 0.15) is 34.1 Å². The van der Waals surface area contributed by atoms with E-state index in [2.05, 4.69) is 12.7 Å². The van der Waals surface area contributed by atoms with E-state index in [0.29, 0.717) is 5.92 Å². The Bertz CT molecular complexity index is 326. The molecular formula is C14H23NO2. The van der Waals surface area contributed by atoms with E-state index in [1.165, 1.54) is 5.57 Å². The molecular weight excluding hydrogens is 214 g/mol. The van der Waals surface area contributed by atoms with Gasteiger partial charge in [0.25, 0.3) is 0 Å². The molecule has 0 saturated carbocycles. The Balaban J connectivity index is 2.56. The molecule has 3 heteroatoms. The SMILES string of the molecule is C=C/C(=C\C)C1CCN(C(=O)OC(C)(C)C)C1. The zero-order valence-corrected chi connectivity index (χ0v) is 11.3. The largest absolute Gasteiger partial charge is 0.444 e. The third kappa shape index (κ3) is 3.91. The summed E-state index contributed by atoms with van der Waals surface area (Å²) >= 11 is 0. The van der Waals surface area contributed by atoms with E-state index >= 15 is 0 Å². The smallest absolute Gasteiger partial charge is 0.410 e. The Hall–Kier alpha value is -1.25. The molecule has 0 spiro atoms. The number of hydrogen-bond donors (Lipinski definition) is 0. The number of carbonyl (C=O) groups excluding carboxylic acids is 1. The van der Waals surface area contributed by atoms with E-state index < -0.39 is 5.60 Å². The van der Waals surface area contributed by atoms with Crippen LogP contribution in [0, 0.1) is 5.92 Å². The van der Waals surface area contributed by atoms with Crippen LogP contribution in [0.3, 0.4) is 0 Å². The van der Waals surface area contributed by atoms with Gasteiger partial charge >= 0.3 is 6.09 Å². The zero-order chi connectivity index (χ0) is 13.1. The summed E-state index contributed by atoms with van der Waals surface area (Å²) in [4.78, 5) is 13.6. The molecule has 1 unspecified atom stereocenters. The fourth-order valence-corrected chi connectivity index (χ4v) is 2.04. The Morgan fingerprint density at radius 1 is 1.47 bits per heavy atom. The van der Waals surface area contributed by atoms with Crippen LogP contribution in [0.5, 0.6) is 0 Å². The monoisotopic (exact) mass is 237 g/mol. The van der Waals surface area contributed by atoms with Gasteiger partial charge in [-0.25, -0.2) is 4.79 Å². The van der Waals surface area contributed by atoms with Gasteiger partial charge in [-0.05, 0) is 39.7 Å². The number of nitrogens with zero attached hydrogens (tertiary/aromatic N) is 1. The molecule has 0 aromatic carbocycles. The van der Waals surface area contributed by atoms with Crippen LogP contribution >= 0.6 is 0 Å². The summed E-state index contributed by atoms with van der Waals surface area (Å²) in [7, 11) is 0. The molecule has 0 aromatic rings. The van der Waals surface area contributed by atoms with Crippen molar-refractivity contribution in [3.8, 4) is 0 Å². The first-order valence-electron chi connectivity index (χ1n) is 6.14. The van der Waals surface area contributed by atoms with E-state index in [0.717, 1.165) is 19.5 Å². The van der Waals surface area contributed by atoms with Gasteiger partial charge in [0.1, 0.15) is 5.60 Å². The predicted molar refractivity (Wildman–Crippen MR) is 69.9 cm³/mol. The highest BCUT2D eigenvalue weighted by Gasteiger charge is 2.30. The molecule has 1 saturated heterocycles. The van der Waals surface area contributed by atoms with E-state index in [1.54, 1.807) is 4.90 Å². The van der Waals surface area contributed by atoms with Crippen molar-refractivity contribution in [2.24, 2.45) is 5.92 Å². The molecule has 0 bridgehead atoms. The summed E-state index contributed by atoms with van der Waals surface area (Å²) in [5.41, 5.74) is 0.799. The number of allylic oxidation sites excluding steroid dienone is 2. The number of ether oxygens (including phenoxy) is 1. The minimum Gasteiger partial charge on any atom is -0.444 e. The lowest BCUT2D eigenvalue weighted by Crippen LogP contribution is -2.35. The van der Waals surface area contributed by atoms with E-state index in [9.17, 15) is 4.79 Å². The lowest BCUT2D eigenvalue weighted by atomic mass is 9.98. The number of amides is 1. The van der Waals surface area contributed by atoms with Crippen LogP contribution in [0.2, 0.25) is 0 Å².